The van der Waals surface area contributed by atoms with Crippen molar-refractivity contribution in [1.82, 2.24) is 5.43 Å². The van der Waals surface area contributed by atoms with Crippen molar-refractivity contribution in [3.63, 3.8) is 0 Å². The quantitative estimate of drug-likeness (QED) is 0.223. The Morgan fingerprint density at radius 3 is 2.62 bits per heavy atom. The highest BCUT2D eigenvalue weighted by molar-refractivity contribution is 7.12. The molecule has 0 saturated carbocycles. The summed E-state index contributed by atoms with van der Waals surface area (Å²) in [6.07, 6.45) is 1.48. The fourth-order valence-corrected chi connectivity index (χ4v) is 3.34. The van der Waals surface area contributed by atoms with Crippen molar-refractivity contribution in [2.24, 2.45) is 5.10 Å². The third-order valence-corrected chi connectivity index (χ3v) is 5.36. The van der Waals surface area contributed by atoms with Gasteiger partial charge in [0.15, 0.2) is 18.1 Å². The van der Waals surface area contributed by atoms with Crippen LogP contribution in [0.1, 0.15) is 33.3 Å². The van der Waals surface area contributed by atoms with Crippen molar-refractivity contribution in [3.05, 3.63) is 75.5 Å². The lowest BCUT2D eigenvalue weighted by molar-refractivity contribution is -0.123. The summed E-state index contributed by atoms with van der Waals surface area (Å²) < 4.78 is 16.6. The van der Waals surface area contributed by atoms with E-state index >= 15 is 0 Å². The molecule has 0 spiro atoms. The van der Waals surface area contributed by atoms with Crippen molar-refractivity contribution >= 4 is 29.4 Å². The number of ether oxygens (including phenoxy) is 3. The van der Waals surface area contributed by atoms with E-state index in [4.69, 9.17) is 14.2 Å². The highest BCUT2D eigenvalue weighted by Crippen LogP contribution is 2.29. The van der Waals surface area contributed by atoms with E-state index in [1.807, 2.05) is 39.0 Å². The second kappa shape index (κ2) is 11.1. The van der Waals surface area contributed by atoms with Crippen LogP contribution in [0, 0.1) is 13.8 Å². The van der Waals surface area contributed by atoms with Crippen molar-refractivity contribution in [2.75, 3.05) is 13.2 Å². The van der Waals surface area contributed by atoms with E-state index in [1.54, 1.807) is 35.7 Å². The molecular formula is C24H24N2O5S. The van der Waals surface area contributed by atoms with Gasteiger partial charge in [-0.05, 0) is 73.2 Å². The second-order valence-corrected chi connectivity index (χ2v) is 7.73. The summed E-state index contributed by atoms with van der Waals surface area (Å²) in [5, 5.41) is 5.77. The molecule has 1 amide bonds. The summed E-state index contributed by atoms with van der Waals surface area (Å²) in [5.74, 6) is 0.560. The number of hydrogen-bond donors (Lipinski definition) is 1. The predicted octanol–water partition coefficient (Wildman–Crippen LogP) is 4.51. The molecule has 2 aromatic carbocycles. The number of rotatable bonds is 9. The van der Waals surface area contributed by atoms with Gasteiger partial charge in [0, 0.05) is 0 Å². The topological polar surface area (TPSA) is 86.2 Å². The van der Waals surface area contributed by atoms with Crippen LogP contribution in [0.3, 0.4) is 0 Å². The Labute approximate surface area is 190 Å². The minimum absolute atomic E-state index is 0.149. The van der Waals surface area contributed by atoms with Gasteiger partial charge in [0.2, 0.25) is 0 Å². The third kappa shape index (κ3) is 6.18. The molecule has 1 aromatic heterocycles. The molecule has 0 atom stereocenters. The summed E-state index contributed by atoms with van der Waals surface area (Å²) in [6.45, 7) is 6.01. The molecule has 166 valence electrons. The van der Waals surface area contributed by atoms with Crippen LogP contribution in [0.4, 0.5) is 0 Å². The molecule has 0 saturated heterocycles. The maximum Gasteiger partial charge on any atom is 0.353 e. The number of thiophene rings is 1. The van der Waals surface area contributed by atoms with Crippen LogP contribution in [0.5, 0.6) is 17.2 Å². The average Bonchev–Trinajstić information content (AvgIpc) is 3.32. The maximum absolute atomic E-state index is 12.2. The monoisotopic (exact) mass is 452 g/mol. The lowest BCUT2D eigenvalue weighted by Gasteiger charge is -2.11. The largest absolute Gasteiger partial charge is 0.490 e. The number of carbonyl (C=O) groups excluding carboxylic acids is 2. The van der Waals surface area contributed by atoms with Crippen LogP contribution in [0.2, 0.25) is 0 Å². The van der Waals surface area contributed by atoms with Gasteiger partial charge in [-0.15, -0.1) is 11.3 Å². The van der Waals surface area contributed by atoms with Crippen LogP contribution in [0.25, 0.3) is 0 Å². The number of hydrogen-bond acceptors (Lipinski definition) is 7. The maximum atomic E-state index is 12.2. The van der Waals surface area contributed by atoms with Gasteiger partial charge in [-0.2, -0.15) is 5.10 Å². The first-order chi connectivity index (χ1) is 15.5. The molecule has 8 heteroatoms. The first kappa shape index (κ1) is 23.0. The number of nitrogens with one attached hydrogen (secondary N) is 1. The van der Waals surface area contributed by atoms with E-state index in [9.17, 15) is 9.59 Å². The van der Waals surface area contributed by atoms with Gasteiger partial charge < -0.3 is 14.2 Å². The van der Waals surface area contributed by atoms with E-state index in [0.29, 0.717) is 34.3 Å². The Bertz CT molecular complexity index is 1110. The van der Waals surface area contributed by atoms with Gasteiger partial charge in [-0.3, -0.25) is 4.79 Å². The van der Waals surface area contributed by atoms with Crippen LogP contribution in [-0.4, -0.2) is 31.3 Å². The molecule has 0 radical (unpaired) electrons. The van der Waals surface area contributed by atoms with Gasteiger partial charge >= 0.3 is 5.97 Å². The Kier molecular flexibility index (Phi) is 7.99. The Morgan fingerprint density at radius 2 is 1.88 bits per heavy atom. The van der Waals surface area contributed by atoms with Gasteiger partial charge in [0.1, 0.15) is 10.6 Å². The number of nitrogens with zero attached hydrogens (tertiary/aromatic N) is 1. The average molecular weight is 453 g/mol. The molecule has 1 heterocycles. The Balaban J connectivity index is 1.58. The summed E-state index contributed by atoms with van der Waals surface area (Å²) in [5.41, 5.74) is 5.19. The third-order valence-electron chi connectivity index (χ3n) is 4.51. The minimum Gasteiger partial charge on any atom is -0.490 e. The van der Waals surface area contributed by atoms with Gasteiger partial charge in [0.25, 0.3) is 5.91 Å². The van der Waals surface area contributed by atoms with Crippen molar-refractivity contribution in [1.29, 1.82) is 0 Å². The van der Waals surface area contributed by atoms with Crippen molar-refractivity contribution in [2.45, 2.75) is 20.8 Å². The number of esters is 1. The molecule has 32 heavy (non-hydrogen) atoms. The summed E-state index contributed by atoms with van der Waals surface area (Å²) in [6, 6.07) is 14.2. The minimum atomic E-state index is -0.446. The molecule has 0 aliphatic rings. The van der Waals surface area contributed by atoms with E-state index in [1.165, 1.54) is 17.6 Å². The number of carbonyl (C=O) groups is 2. The van der Waals surface area contributed by atoms with E-state index in [0.717, 1.165) is 11.1 Å². The molecule has 0 unspecified atom stereocenters. The first-order valence-corrected chi connectivity index (χ1v) is 10.9. The number of aryl methyl sites for hydroxylation is 1. The zero-order valence-corrected chi connectivity index (χ0v) is 18.9. The highest BCUT2D eigenvalue weighted by atomic mass is 32.1. The van der Waals surface area contributed by atoms with Crippen LogP contribution in [-0.2, 0) is 4.79 Å². The standard InChI is InChI=1S/C24H24N2O5S/c1-4-29-21-13-18(10-11-20(21)31-24(28)22-9-6-12-32-22)14-25-26-23(27)15-30-19-8-5-7-16(2)17(19)3/h5-14H,4,15H2,1-3H3,(H,26,27)/b25-14+. The highest BCUT2D eigenvalue weighted by Gasteiger charge is 2.14. The molecule has 0 bridgehead atoms. The summed E-state index contributed by atoms with van der Waals surface area (Å²) >= 11 is 1.30. The predicted molar refractivity (Wildman–Crippen MR) is 124 cm³/mol. The molecule has 3 aromatic rings. The Morgan fingerprint density at radius 1 is 1.03 bits per heavy atom. The van der Waals surface area contributed by atoms with Gasteiger partial charge in [-0.25, -0.2) is 10.2 Å². The van der Waals surface area contributed by atoms with Crippen LogP contribution < -0.4 is 19.6 Å². The second-order valence-electron chi connectivity index (χ2n) is 6.79. The zero-order valence-electron chi connectivity index (χ0n) is 18.1. The number of benzene rings is 2. The molecule has 1 N–H and O–H groups in total. The zero-order chi connectivity index (χ0) is 22.9. The van der Waals surface area contributed by atoms with Crippen molar-refractivity contribution in [3.8, 4) is 17.2 Å². The van der Waals surface area contributed by atoms with Gasteiger partial charge in [0.05, 0.1) is 12.8 Å². The summed E-state index contributed by atoms with van der Waals surface area (Å²) in [4.78, 5) is 24.7. The van der Waals surface area contributed by atoms with E-state index in [-0.39, 0.29) is 12.5 Å². The first-order valence-electron chi connectivity index (χ1n) is 10.0. The smallest absolute Gasteiger partial charge is 0.353 e. The van der Waals surface area contributed by atoms with Crippen molar-refractivity contribution < 1.29 is 23.8 Å². The van der Waals surface area contributed by atoms with Crippen LogP contribution >= 0.6 is 11.3 Å². The molecular weight excluding hydrogens is 428 g/mol. The summed E-state index contributed by atoms with van der Waals surface area (Å²) in [7, 11) is 0. The lowest BCUT2D eigenvalue weighted by atomic mass is 10.1. The lowest BCUT2D eigenvalue weighted by Crippen LogP contribution is -2.24. The van der Waals surface area contributed by atoms with Crippen LogP contribution in [0.15, 0.2) is 59.0 Å². The normalized spacial score (nSPS) is 10.7. The van der Waals surface area contributed by atoms with Gasteiger partial charge in [-0.1, -0.05) is 18.2 Å². The molecule has 0 aliphatic carbocycles. The van der Waals surface area contributed by atoms with E-state index in [2.05, 4.69) is 10.5 Å². The SMILES string of the molecule is CCOc1cc(/C=N/NC(=O)COc2cccc(C)c2C)ccc1OC(=O)c1cccs1. The molecule has 0 aliphatic heterocycles. The molecule has 3 rings (SSSR count). The van der Waals surface area contributed by atoms with E-state index < -0.39 is 5.97 Å². The number of hydrazone groups is 1. The molecule has 7 nitrogen and oxygen atoms in total. The fraction of sp³-hybridized carbons (Fsp3) is 0.208. The number of amides is 1. The molecule has 0 fully saturated rings. The fourth-order valence-electron chi connectivity index (χ4n) is 2.74. The Hall–Kier alpha value is -3.65.